The Labute approximate surface area is 189 Å². The topological polar surface area (TPSA) is 95.3 Å². The molecule has 1 N–H and O–H groups in total. The molecular weight excluding hydrogens is 436 g/mol. The summed E-state index contributed by atoms with van der Waals surface area (Å²) in [6, 6.07) is 11.0. The molecule has 8 nitrogen and oxygen atoms in total. The Morgan fingerprint density at radius 1 is 1.19 bits per heavy atom. The van der Waals surface area contributed by atoms with Crippen LogP contribution in [0.1, 0.15) is 20.8 Å². The van der Waals surface area contributed by atoms with Crippen LogP contribution in [0.4, 0.5) is 5.69 Å². The Balaban J connectivity index is 1.55. The summed E-state index contributed by atoms with van der Waals surface area (Å²) in [4.78, 5) is 25.7. The fraction of sp³-hybridized carbons (Fsp3) is 0.333. The summed E-state index contributed by atoms with van der Waals surface area (Å²) in [5, 5.41) is 13.8. The summed E-state index contributed by atoms with van der Waals surface area (Å²) in [6.07, 6.45) is -0.950. The largest absolute Gasteiger partial charge is 0.492 e. The van der Waals surface area contributed by atoms with Gasteiger partial charge in [-0.2, -0.15) is 0 Å². The minimum absolute atomic E-state index is 0.0235. The SMILES string of the molecule is CCOc1ccccc1NC(=O)C(C)OC(=O)CSc1nnc(-c2cccs2)n1CC. The zero-order chi connectivity index (χ0) is 22.2. The Bertz CT molecular complexity index is 1020. The van der Waals surface area contributed by atoms with Gasteiger partial charge in [0.15, 0.2) is 17.1 Å². The van der Waals surface area contributed by atoms with Gasteiger partial charge in [-0.1, -0.05) is 30.0 Å². The summed E-state index contributed by atoms with van der Waals surface area (Å²) in [7, 11) is 0. The summed E-state index contributed by atoms with van der Waals surface area (Å²) in [5.41, 5.74) is 0.531. The molecule has 0 radical (unpaired) electrons. The number of nitrogens with zero attached hydrogens (tertiary/aromatic N) is 3. The molecule has 1 amide bonds. The Kier molecular flexibility index (Phi) is 8.07. The van der Waals surface area contributed by atoms with Crippen molar-refractivity contribution in [3.8, 4) is 16.5 Å². The van der Waals surface area contributed by atoms with E-state index in [1.165, 1.54) is 18.7 Å². The van der Waals surface area contributed by atoms with Crippen LogP contribution in [0.2, 0.25) is 0 Å². The van der Waals surface area contributed by atoms with Crippen molar-refractivity contribution in [2.75, 3.05) is 17.7 Å². The number of thioether (sulfide) groups is 1. The Hall–Kier alpha value is -2.85. The first kappa shape index (κ1) is 22.8. The molecule has 3 aromatic rings. The molecule has 164 valence electrons. The van der Waals surface area contributed by atoms with E-state index in [1.807, 2.05) is 42.0 Å². The monoisotopic (exact) mass is 460 g/mol. The van der Waals surface area contributed by atoms with E-state index in [0.717, 1.165) is 10.7 Å². The van der Waals surface area contributed by atoms with Crippen molar-refractivity contribution in [3.63, 3.8) is 0 Å². The second kappa shape index (κ2) is 11.0. The zero-order valence-corrected chi connectivity index (χ0v) is 19.2. The number of rotatable bonds is 10. The van der Waals surface area contributed by atoms with Crippen LogP contribution in [-0.2, 0) is 20.9 Å². The molecule has 0 aliphatic rings. The number of para-hydroxylation sites is 2. The first-order valence-corrected chi connectivity index (χ1v) is 11.7. The number of benzene rings is 1. The predicted molar refractivity (Wildman–Crippen MR) is 122 cm³/mol. The predicted octanol–water partition coefficient (Wildman–Crippen LogP) is 4.09. The highest BCUT2D eigenvalue weighted by Gasteiger charge is 2.21. The number of hydrogen-bond donors (Lipinski definition) is 1. The lowest BCUT2D eigenvalue weighted by atomic mass is 10.2. The van der Waals surface area contributed by atoms with Crippen molar-refractivity contribution in [1.29, 1.82) is 0 Å². The maximum Gasteiger partial charge on any atom is 0.317 e. The standard InChI is InChI=1S/C21H24N4O4S2/c1-4-25-19(17-11-8-12-30-17)23-24-21(25)31-13-18(26)29-14(3)20(27)22-15-9-6-7-10-16(15)28-5-2/h6-12,14H,4-5,13H2,1-3H3,(H,22,27). The number of aromatic nitrogens is 3. The summed E-state index contributed by atoms with van der Waals surface area (Å²) < 4.78 is 12.7. The van der Waals surface area contributed by atoms with Crippen LogP contribution in [0.3, 0.4) is 0 Å². The number of nitrogens with one attached hydrogen (secondary N) is 1. The zero-order valence-electron chi connectivity index (χ0n) is 17.5. The molecule has 0 saturated heterocycles. The van der Waals surface area contributed by atoms with Gasteiger partial charge in [0, 0.05) is 6.54 Å². The number of carbonyl (C=O) groups excluding carboxylic acids is 2. The summed E-state index contributed by atoms with van der Waals surface area (Å²) in [6.45, 7) is 6.55. The van der Waals surface area contributed by atoms with Crippen LogP contribution in [0.15, 0.2) is 46.9 Å². The van der Waals surface area contributed by atoms with E-state index in [0.29, 0.717) is 29.7 Å². The molecule has 1 atom stereocenters. The number of amides is 1. The second-order valence-corrected chi connectivity index (χ2v) is 8.26. The van der Waals surface area contributed by atoms with Crippen molar-refractivity contribution in [2.24, 2.45) is 0 Å². The lowest BCUT2D eigenvalue weighted by molar-refractivity contribution is -0.150. The molecule has 2 aromatic heterocycles. The highest BCUT2D eigenvalue weighted by atomic mass is 32.2. The van der Waals surface area contributed by atoms with Crippen LogP contribution in [0, 0.1) is 0 Å². The van der Waals surface area contributed by atoms with E-state index in [2.05, 4.69) is 15.5 Å². The normalized spacial score (nSPS) is 11.7. The van der Waals surface area contributed by atoms with Gasteiger partial charge in [0.1, 0.15) is 5.75 Å². The van der Waals surface area contributed by atoms with Gasteiger partial charge in [-0.3, -0.25) is 9.59 Å². The summed E-state index contributed by atoms with van der Waals surface area (Å²) in [5.74, 6) is 0.425. The van der Waals surface area contributed by atoms with Crippen molar-refractivity contribution in [2.45, 2.75) is 38.6 Å². The molecule has 0 aliphatic heterocycles. The number of carbonyl (C=O) groups is 2. The second-order valence-electron chi connectivity index (χ2n) is 6.37. The maximum atomic E-state index is 12.4. The highest BCUT2D eigenvalue weighted by molar-refractivity contribution is 7.99. The third-order valence-electron chi connectivity index (χ3n) is 4.22. The van der Waals surface area contributed by atoms with E-state index in [-0.39, 0.29) is 5.75 Å². The molecule has 0 saturated carbocycles. The molecular formula is C21H24N4O4S2. The van der Waals surface area contributed by atoms with Gasteiger partial charge in [-0.25, -0.2) is 0 Å². The Morgan fingerprint density at radius 3 is 2.71 bits per heavy atom. The molecule has 0 bridgehead atoms. The van der Waals surface area contributed by atoms with E-state index < -0.39 is 18.0 Å². The van der Waals surface area contributed by atoms with Gasteiger partial charge in [0.05, 0.1) is 22.9 Å². The first-order valence-electron chi connectivity index (χ1n) is 9.85. The van der Waals surface area contributed by atoms with Crippen LogP contribution in [-0.4, -0.2) is 45.1 Å². The molecule has 0 fully saturated rings. The highest BCUT2D eigenvalue weighted by Crippen LogP contribution is 2.27. The van der Waals surface area contributed by atoms with Crippen LogP contribution in [0.5, 0.6) is 5.75 Å². The van der Waals surface area contributed by atoms with Gasteiger partial charge in [-0.15, -0.1) is 21.5 Å². The van der Waals surface area contributed by atoms with Gasteiger partial charge < -0.3 is 19.4 Å². The van der Waals surface area contributed by atoms with Crippen LogP contribution < -0.4 is 10.1 Å². The number of anilines is 1. The Morgan fingerprint density at radius 2 is 2.00 bits per heavy atom. The van der Waals surface area contributed by atoms with Crippen molar-refractivity contribution in [3.05, 3.63) is 41.8 Å². The van der Waals surface area contributed by atoms with Crippen LogP contribution in [0.25, 0.3) is 10.7 Å². The van der Waals surface area contributed by atoms with Crippen molar-refractivity contribution >= 4 is 40.7 Å². The smallest absolute Gasteiger partial charge is 0.317 e. The molecule has 10 heteroatoms. The van der Waals surface area contributed by atoms with Gasteiger partial charge in [-0.05, 0) is 44.4 Å². The average Bonchev–Trinajstić information content (AvgIpc) is 3.43. The van der Waals surface area contributed by atoms with E-state index in [1.54, 1.807) is 29.5 Å². The summed E-state index contributed by atoms with van der Waals surface area (Å²) >= 11 is 2.81. The fourth-order valence-electron chi connectivity index (χ4n) is 2.76. The average molecular weight is 461 g/mol. The third kappa shape index (κ3) is 5.86. The molecule has 31 heavy (non-hydrogen) atoms. The van der Waals surface area contributed by atoms with Crippen molar-refractivity contribution < 1.29 is 19.1 Å². The maximum absolute atomic E-state index is 12.4. The number of ether oxygens (including phenoxy) is 2. The number of esters is 1. The molecule has 2 heterocycles. The van der Waals surface area contributed by atoms with E-state index in [9.17, 15) is 9.59 Å². The van der Waals surface area contributed by atoms with Gasteiger partial charge in [0.2, 0.25) is 0 Å². The fourth-order valence-corrected chi connectivity index (χ4v) is 4.26. The van der Waals surface area contributed by atoms with Crippen molar-refractivity contribution in [1.82, 2.24) is 14.8 Å². The van der Waals surface area contributed by atoms with Crippen LogP contribution >= 0.6 is 23.1 Å². The third-order valence-corrected chi connectivity index (χ3v) is 6.02. The molecule has 0 spiro atoms. The number of thiophene rings is 1. The molecule has 3 rings (SSSR count). The van der Waals surface area contributed by atoms with E-state index >= 15 is 0 Å². The minimum atomic E-state index is -0.950. The van der Waals surface area contributed by atoms with Gasteiger partial charge in [0.25, 0.3) is 5.91 Å². The van der Waals surface area contributed by atoms with E-state index in [4.69, 9.17) is 9.47 Å². The lowest BCUT2D eigenvalue weighted by Gasteiger charge is -2.15. The molecule has 0 aliphatic carbocycles. The lowest BCUT2D eigenvalue weighted by Crippen LogP contribution is -2.30. The molecule has 1 aromatic carbocycles. The minimum Gasteiger partial charge on any atom is -0.492 e. The first-order chi connectivity index (χ1) is 15.0. The number of hydrogen-bond acceptors (Lipinski definition) is 8. The quantitative estimate of drug-likeness (QED) is 0.360. The van der Waals surface area contributed by atoms with Gasteiger partial charge >= 0.3 is 5.97 Å². The molecule has 1 unspecified atom stereocenters.